The summed E-state index contributed by atoms with van der Waals surface area (Å²) in [6.45, 7) is 2.41. The molecular formula is C21H26Cl2N4O2. The quantitative estimate of drug-likeness (QED) is 0.691. The number of aromatic nitrogens is 1. The molecule has 3 saturated heterocycles. The maximum absolute atomic E-state index is 12.8. The summed E-state index contributed by atoms with van der Waals surface area (Å²) in [5, 5.41) is 8.18. The smallest absolute Gasteiger partial charge is 0.267 e. The normalized spacial score (nSPS) is 28.6. The van der Waals surface area contributed by atoms with Crippen molar-refractivity contribution in [3.05, 3.63) is 35.0 Å². The average molecular weight is 437 g/mol. The number of carbonyl (C=O) groups is 2. The summed E-state index contributed by atoms with van der Waals surface area (Å²) in [5.74, 6) is 1.07. The van der Waals surface area contributed by atoms with Gasteiger partial charge in [0, 0.05) is 41.5 Å². The lowest BCUT2D eigenvalue weighted by Crippen LogP contribution is -2.66. The van der Waals surface area contributed by atoms with Gasteiger partial charge in [-0.3, -0.25) is 9.59 Å². The van der Waals surface area contributed by atoms with E-state index in [1.807, 2.05) is 18.2 Å². The van der Waals surface area contributed by atoms with Crippen molar-refractivity contribution in [1.29, 1.82) is 0 Å². The zero-order chi connectivity index (χ0) is 19.3. The monoisotopic (exact) mass is 436 g/mol. The third-order valence-electron chi connectivity index (χ3n) is 6.70. The van der Waals surface area contributed by atoms with E-state index in [1.54, 1.807) is 6.07 Å². The van der Waals surface area contributed by atoms with Crippen molar-refractivity contribution < 1.29 is 9.59 Å². The van der Waals surface area contributed by atoms with E-state index in [0.717, 1.165) is 43.3 Å². The zero-order valence-corrected chi connectivity index (χ0v) is 17.7. The SMILES string of the molecule is Cl.O=C(NC[C@H]1[C@@H]2CNC[C@@H](C2)[C@@H]2CCCC(=O)N21)c1cc2cc(Cl)ccc2[nH]1. The molecule has 29 heavy (non-hydrogen) atoms. The van der Waals surface area contributed by atoms with Crippen LogP contribution in [0.1, 0.15) is 36.2 Å². The van der Waals surface area contributed by atoms with Crippen LogP contribution in [-0.4, -0.2) is 53.4 Å². The molecule has 0 spiro atoms. The van der Waals surface area contributed by atoms with Crippen LogP contribution in [0.3, 0.4) is 0 Å². The third kappa shape index (κ3) is 3.74. The average Bonchev–Trinajstić information content (AvgIpc) is 3.12. The van der Waals surface area contributed by atoms with Gasteiger partial charge in [-0.1, -0.05) is 11.6 Å². The maximum Gasteiger partial charge on any atom is 0.267 e. The third-order valence-corrected chi connectivity index (χ3v) is 6.93. The molecule has 2 amide bonds. The van der Waals surface area contributed by atoms with Gasteiger partial charge in [0.2, 0.25) is 5.91 Å². The number of nitrogens with one attached hydrogen (secondary N) is 3. The number of nitrogens with zero attached hydrogens (tertiary/aromatic N) is 1. The molecule has 156 valence electrons. The van der Waals surface area contributed by atoms with Crippen LogP contribution in [0.2, 0.25) is 5.02 Å². The first-order chi connectivity index (χ1) is 13.6. The van der Waals surface area contributed by atoms with Crippen LogP contribution in [0, 0.1) is 11.8 Å². The largest absolute Gasteiger partial charge is 0.351 e. The minimum absolute atomic E-state index is 0. The number of rotatable bonds is 3. The summed E-state index contributed by atoms with van der Waals surface area (Å²) in [7, 11) is 0. The van der Waals surface area contributed by atoms with Gasteiger partial charge in [0.25, 0.3) is 5.91 Å². The summed E-state index contributed by atoms with van der Waals surface area (Å²) in [5.41, 5.74) is 1.41. The van der Waals surface area contributed by atoms with Crippen molar-refractivity contribution in [3.8, 4) is 0 Å². The van der Waals surface area contributed by atoms with Crippen molar-refractivity contribution in [2.75, 3.05) is 19.6 Å². The molecule has 4 heterocycles. The lowest BCUT2D eigenvalue weighted by molar-refractivity contribution is -0.148. The number of piperidine rings is 3. The number of benzene rings is 1. The molecule has 1 aromatic carbocycles. The van der Waals surface area contributed by atoms with Crippen LogP contribution in [0.5, 0.6) is 0 Å². The second kappa shape index (κ2) is 8.17. The second-order valence-electron chi connectivity index (χ2n) is 8.37. The first-order valence-electron chi connectivity index (χ1n) is 10.2. The van der Waals surface area contributed by atoms with Gasteiger partial charge in [0.05, 0.1) is 6.04 Å². The number of H-pyrrole nitrogens is 1. The number of amides is 2. The standard InChI is InChI=1S/C21H25ClN4O2.ClH/c22-15-4-5-16-12(7-15)8-17(25-16)21(28)24-11-19-14-6-13(9-23-10-14)18-2-1-3-20(27)26(18)19;/h4-5,7-8,13-14,18-19,23,25H,1-3,6,9-11H2,(H,24,28);1H/t13-,14+,18+,19+;/m1./s1. The first kappa shape index (κ1) is 20.5. The molecule has 4 atom stereocenters. The lowest BCUT2D eigenvalue weighted by atomic mass is 9.72. The number of aromatic amines is 1. The second-order valence-corrected chi connectivity index (χ2v) is 8.80. The van der Waals surface area contributed by atoms with Crippen LogP contribution >= 0.6 is 24.0 Å². The number of halogens is 2. The van der Waals surface area contributed by atoms with Crippen LogP contribution < -0.4 is 10.6 Å². The van der Waals surface area contributed by atoms with Crippen LogP contribution in [0.4, 0.5) is 0 Å². The van der Waals surface area contributed by atoms with Crippen molar-refractivity contribution in [1.82, 2.24) is 20.5 Å². The van der Waals surface area contributed by atoms with Crippen LogP contribution in [0.25, 0.3) is 10.9 Å². The lowest BCUT2D eigenvalue weighted by Gasteiger charge is -2.54. The minimum atomic E-state index is -0.140. The fraction of sp³-hybridized carbons (Fsp3) is 0.524. The van der Waals surface area contributed by atoms with Gasteiger partial charge in [0.1, 0.15) is 5.69 Å². The molecule has 8 heteroatoms. The van der Waals surface area contributed by atoms with Crippen LogP contribution in [0.15, 0.2) is 24.3 Å². The van der Waals surface area contributed by atoms with E-state index < -0.39 is 0 Å². The molecule has 0 radical (unpaired) electrons. The molecule has 3 aliphatic rings. The molecule has 3 fully saturated rings. The Labute approximate surface area is 181 Å². The van der Waals surface area contributed by atoms with Gasteiger partial charge >= 0.3 is 0 Å². The summed E-state index contributed by atoms with van der Waals surface area (Å²) in [4.78, 5) is 30.7. The molecule has 5 rings (SSSR count). The highest BCUT2D eigenvalue weighted by molar-refractivity contribution is 6.31. The summed E-state index contributed by atoms with van der Waals surface area (Å²) >= 11 is 6.04. The van der Waals surface area contributed by atoms with E-state index in [4.69, 9.17) is 11.6 Å². The van der Waals surface area contributed by atoms with E-state index in [1.165, 1.54) is 0 Å². The molecule has 3 N–H and O–H groups in total. The van der Waals surface area contributed by atoms with E-state index in [0.29, 0.717) is 41.6 Å². The molecular weight excluding hydrogens is 411 g/mol. The molecule has 1 aromatic heterocycles. The molecule has 0 unspecified atom stereocenters. The van der Waals surface area contributed by atoms with E-state index in [9.17, 15) is 9.59 Å². The summed E-state index contributed by atoms with van der Waals surface area (Å²) in [6, 6.07) is 7.74. The minimum Gasteiger partial charge on any atom is -0.351 e. The fourth-order valence-corrected chi connectivity index (χ4v) is 5.60. The molecule has 3 aliphatic heterocycles. The Balaban J connectivity index is 0.00000205. The topological polar surface area (TPSA) is 77.2 Å². The number of hydrogen-bond acceptors (Lipinski definition) is 3. The van der Waals surface area contributed by atoms with Gasteiger partial charge in [0.15, 0.2) is 0 Å². The Hall–Kier alpha value is -1.76. The van der Waals surface area contributed by atoms with Gasteiger partial charge < -0.3 is 20.5 Å². The van der Waals surface area contributed by atoms with Gasteiger partial charge in [-0.15, -0.1) is 12.4 Å². The molecule has 6 nitrogen and oxygen atoms in total. The van der Waals surface area contributed by atoms with Gasteiger partial charge in [-0.05, 0) is 61.9 Å². The zero-order valence-electron chi connectivity index (χ0n) is 16.1. The highest BCUT2D eigenvalue weighted by Gasteiger charge is 2.47. The van der Waals surface area contributed by atoms with E-state index in [2.05, 4.69) is 20.5 Å². The predicted molar refractivity (Wildman–Crippen MR) is 116 cm³/mol. The highest BCUT2D eigenvalue weighted by atomic mass is 35.5. The summed E-state index contributed by atoms with van der Waals surface area (Å²) in [6.07, 6.45) is 3.85. The Bertz CT molecular complexity index is 931. The number of carbonyl (C=O) groups excluding carboxylic acids is 2. The Morgan fingerprint density at radius 2 is 2.07 bits per heavy atom. The molecule has 0 saturated carbocycles. The number of fused-ring (bicyclic) bond motifs is 5. The predicted octanol–water partition coefficient (Wildman–Crippen LogP) is 2.96. The number of hydrogen-bond donors (Lipinski definition) is 3. The molecule has 2 bridgehead atoms. The van der Waals surface area contributed by atoms with E-state index >= 15 is 0 Å². The van der Waals surface area contributed by atoms with E-state index in [-0.39, 0.29) is 30.3 Å². The van der Waals surface area contributed by atoms with Crippen LogP contribution in [-0.2, 0) is 4.79 Å². The molecule has 2 aromatic rings. The highest BCUT2D eigenvalue weighted by Crippen LogP contribution is 2.39. The van der Waals surface area contributed by atoms with Crippen molar-refractivity contribution >= 4 is 46.7 Å². The molecule has 0 aliphatic carbocycles. The van der Waals surface area contributed by atoms with Crippen molar-refractivity contribution in [2.24, 2.45) is 11.8 Å². The Kier molecular flexibility index (Phi) is 5.78. The summed E-state index contributed by atoms with van der Waals surface area (Å²) < 4.78 is 0. The van der Waals surface area contributed by atoms with Crippen molar-refractivity contribution in [2.45, 2.75) is 37.8 Å². The van der Waals surface area contributed by atoms with Crippen molar-refractivity contribution in [3.63, 3.8) is 0 Å². The Morgan fingerprint density at radius 1 is 1.24 bits per heavy atom. The Morgan fingerprint density at radius 3 is 2.93 bits per heavy atom. The van der Waals surface area contributed by atoms with Gasteiger partial charge in [-0.2, -0.15) is 0 Å². The first-order valence-corrected chi connectivity index (χ1v) is 10.6. The maximum atomic E-state index is 12.8. The van der Waals surface area contributed by atoms with Gasteiger partial charge in [-0.25, -0.2) is 0 Å². The fourth-order valence-electron chi connectivity index (χ4n) is 5.42.